The van der Waals surface area contributed by atoms with Gasteiger partial charge in [0.15, 0.2) is 0 Å². The van der Waals surface area contributed by atoms with Crippen molar-refractivity contribution in [1.29, 1.82) is 0 Å². The molecule has 0 spiro atoms. The Morgan fingerprint density at radius 3 is 2.55 bits per heavy atom. The number of hydrogen-bond donors (Lipinski definition) is 2. The fraction of sp³-hybridized carbons (Fsp3) is 0.600. The van der Waals surface area contributed by atoms with Gasteiger partial charge in [0.05, 0.1) is 0 Å². The lowest BCUT2D eigenvalue weighted by Crippen LogP contribution is -2.46. The van der Waals surface area contributed by atoms with Crippen molar-refractivity contribution in [2.45, 2.75) is 44.7 Å². The highest BCUT2D eigenvalue weighted by molar-refractivity contribution is 5.93. The highest BCUT2D eigenvalue weighted by Gasteiger charge is 2.32. The third-order valence-electron chi connectivity index (χ3n) is 4.23. The molecule has 1 saturated carbocycles. The standard InChI is InChI=1S/C15H21N3O2/c1-10-2-5-13(14(19)16-10)15(20)17-11-6-8-18(9-7-11)12-3-4-12/h2,5,11-12H,3-4,6-9H2,1H3,(H,16,19)(H,17,20). The summed E-state index contributed by atoms with van der Waals surface area (Å²) in [6.07, 6.45) is 4.61. The van der Waals surface area contributed by atoms with Crippen LogP contribution in [0.5, 0.6) is 0 Å². The fourth-order valence-electron chi connectivity index (χ4n) is 2.86. The molecule has 0 aromatic carbocycles. The Hall–Kier alpha value is -1.62. The van der Waals surface area contributed by atoms with Crippen LogP contribution in [0.15, 0.2) is 16.9 Å². The molecule has 2 fully saturated rings. The number of H-pyrrole nitrogens is 1. The average molecular weight is 275 g/mol. The monoisotopic (exact) mass is 275 g/mol. The summed E-state index contributed by atoms with van der Waals surface area (Å²) in [7, 11) is 0. The van der Waals surface area contributed by atoms with Gasteiger partial charge in [-0.15, -0.1) is 0 Å². The van der Waals surface area contributed by atoms with E-state index >= 15 is 0 Å². The predicted octanol–water partition coefficient (Wildman–Crippen LogP) is 1.04. The highest BCUT2D eigenvalue weighted by Crippen LogP contribution is 2.29. The first-order valence-corrected chi connectivity index (χ1v) is 7.38. The lowest BCUT2D eigenvalue weighted by atomic mass is 10.0. The summed E-state index contributed by atoms with van der Waals surface area (Å²) in [6, 6.07) is 4.35. The molecule has 0 radical (unpaired) electrons. The number of nitrogens with one attached hydrogen (secondary N) is 2. The molecule has 2 aliphatic rings. The molecule has 1 aliphatic carbocycles. The molecule has 0 atom stereocenters. The van der Waals surface area contributed by atoms with Gasteiger partial charge >= 0.3 is 0 Å². The fourth-order valence-corrected chi connectivity index (χ4v) is 2.86. The van der Waals surface area contributed by atoms with E-state index in [2.05, 4.69) is 15.2 Å². The Morgan fingerprint density at radius 2 is 1.95 bits per heavy atom. The molecule has 1 amide bonds. The Balaban J connectivity index is 1.57. The van der Waals surface area contributed by atoms with Crippen LogP contribution in [-0.2, 0) is 0 Å². The summed E-state index contributed by atoms with van der Waals surface area (Å²) < 4.78 is 0. The molecule has 5 heteroatoms. The van der Waals surface area contributed by atoms with Crippen molar-refractivity contribution in [2.75, 3.05) is 13.1 Å². The van der Waals surface area contributed by atoms with Crippen LogP contribution in [0.25, 0.3) is 0 Å². The minimum atomic E-state index is -0.307. The van der Waals surface area contributed by atoms with E-state index in [9.17, 15) is 9.59 Å². The first-order valence-electron chi connectivity index (χ1n) is 7.38. The quantitative estimate of drug-likeness (QED) is 0.866. The minimum Gasteiger partial charge on any atom is -0.349 e. The Labute approximate surface area is 118 Å². The molecule has 1 saturated heterocycles. The van der Waals surface area contributed by atoms with Gasteiger partial charge < -0.3 is 15.2 Å². The first-order chi connectivity index (χ1) is 9.63. The van der Waals surface area contributed by atoms with E-state index < -0.39 is 0 Å². The molecular weight excluding hydrogens is 254 g/mol. The zero-order chi connectivity index (χ0) is 14.1. The van der Waals surface area contributed by atoms with Gasteiger partial charge in [0.1, 0.15) is 5.56 Å². The summed E-state index contributed by atoms with van der Waals surface area (Å²) in [5.74, 6) is -0.254. The third-order valence-corrected chi connectivity index (χ3v) is 4.23. The second-order valence-electron chi connectivity index (χ2n) is 5.90. The maximum Gasteiger partial charge on any atom is 0.260 e. The van der Waals surface area contributed by atoms with Crippen LogP contribution in [0.1, 0.15) is 41.7 Å². The average Bonchev–Trinajstić information content (AvgIpc) is 3.23. The number of hydrogen-bond acceptors (Lipinski definition) is 3. The van der Waals surface area contributed by atoms with E-state index in [-0.39, 0.29) is 23.1 Å². The second-order valence-corrected chi connectivity index (χ2v) is 5.90. The molecule has 3 rings (SSSR count). The number of pyridine rings is 1. The number of aromatic amines is 1. The van der Waals surface area contributed by atoms with E-state index in [4.69, 9.17) is 0 Å². The Kier molecular flexibility index (Phi) is 3.61. The van der Waals surface area contributed by atoms with Crippen LogP contribution < -0.4 is 10.9 Å². The Morgan fingerprint density at radius 1 is 1.25 bits per heavy atom. The number of piperidine rings is 1. The maximum atomic E-state index is 12.1. The smallest absolute Gasteiger partial charge is 0.260 e. The molecule has 2 N–H and O–H groups in total. The first kappa shape index (κ1) is 13.4. The number of rotatable bonds is 3. The molecule has 1 aliphatic heterocycles. The van der Waals surface area contributed by atoms with Gasteiger partial charge in [-0.3, -0.25) is 9.59 Å². The molecule has 0 bridgehead atoms. The normalized spacial score (nSPS) is 20.9. The van der Waals surface area contributed by atoms with E-state index in [1.165, 1.54) is 12.8 Å². The number of likely N-dealkylation sites (tertiary alicyclic amines) is 1. The van der Waals surface area contributed by atoms with Gasteiger partial charge in [0, 0.05) is 30.9 Å². The third kappa shape index (κ3) is 2.93. The molecule has 0 unspecified atom stereocenters. The molecule has 2 heterocycles. The minimum absolute atomic E-state index is 0.193. The van der Waals surface area contributed by atoms with Gasteiger partial charge in [-0.25, -0.2) is 0 Å². The van der Waals surface area contributed by atoms with Crippen LogP contribution in [0.4, 0.5) is 0 Å². The topological polar surface area (TPSA) is 65.2 Å². The van der Waals surface area contributed by atoms with Gasteiger partial charge in [-0.1, -0.05) is 0 Å². The zero-order valence-electron chi connectivity index (χ0n) is 11.8. The van der Waals surface area contributed by atoms with E-state index in [1.807, 2.05) is 0 Å². The van der Waals surface area contributed by atoms with Crippen molar-refractivity contribution in [3.8, 4) is 0 Å². The summed E-state index contributed by atoms with van der Waals surface area (Å²) in [5.41, 5.74) is 0.669. The van der Waals surface area contributed by atoms with Crippen molar-refractivity contribution in [2.24, 2.45) is 0 Å². The van der Waals surface area contributed by atoms with Gasteiger partial charge in [0.25, 0.3) is 11.5 Å². The van der Waals surface area contributed by atoms with Crippen molar-refractivity contribution in [3.05, 3.63) is 33.7 Å². The lowest BCUT2D eigenvalue weighted by molar-refractivity contribution is 0.0907. The molecule has 5 nitrogen and oxygen atoms in total. The largest absolute Gasteiger partial charge is 0.349 e. The molecule has 1 aromatic rings. The summed E-state index contributed by atoms with van der Waals surface area (Å²) in [6.45, 7) is 3.91. The SMILES string of the molecule is Cc1ccc(C(=O)NC2CCN(C3CC3)CC2)c(=O)[nH]1. The number of carbonyl (C=O) groups excluding carboxylic acids is 1. The van der Waals surface area contributed by atoms with E-state index in [0.717, 1.165) is 37.7 Å². The van der Waals surface area contributed by atoms with Crippen LogP contribution >= 0.6 is 0 Å². The predicted molar refractivity (Wildman–Crippen MR) is 76.9 cm³/mol. The summed E-state index contributed by atoms with van der Waals surface area (Å²) in [4.78, 5) is 29.1. The highest BCUT2D eigenvalue weighted by atomic mass is 16.2. The molecule has 1 aromatic heterocycles. The number of carbonyl (C=O) groups is 1. The van der Waals surface area contributed by atoms with E-state index in [0.29, 0.717) is 0 Å². The van der Waals surface area contributed by atoms with Crippen LogP contribution in [0.3, 0.4) is 0 Å². The van der Waals surface area contributed by atoms with Crippen molar-refractivity contribution in [3.63, 3.8) is 0 Å². The number of nitrogens with zero attached hydrogens (tertiary/aromatic N) is 1. The van der Waals surface area contributed by atoms with Crippen LogP contribution in [0, 0.1) is 6.92 Å². The van der Waals surface area contributed by atoms with Crippen molar-refractivity contribution < 1.29 is 4.79 Å². The van der Waals surface area contributed by atoms with Crippen molar-refractivity contribution >= 4 is 5.91 Å². The Bertz CT molecular complexity index is 554. The van der Waals surface area contributed by atoms with E-state index in [1.54, 1.807) is 19.1 Å². The van der Waals surface area contributed by atoms with Crippen molar-refractivity contribution in [1.82, 2.24) is 15.2 Å². The van der Waals surface area contributed by atoms with Gasteiger partial charge in [-0.05, 0) is 44.7 Å². The van der Waals surface area contributed by atoms with Crippen LogP contribution in [0.2, 0.25) is 0 Å². The zero-order valence-corrected chi connectivity index (χ0v) is 11.8. The summed E-state index contributed by atoms with van der Waals surface area (Å²) in [5, 5.41) is 2.99. The second kappa shape index (κ2) is 5.40. The lowest BCUT2D eigenvalue weighted by Gasteiger charge is -2.32. The molecule has 108 valence electrons. The summed E-state index contributed by atoms with van der Waals surface area (Å²) >= 11 is 0. The van der Waals surface area contributed by atoms with Gasteiger partial charge in [0.2, 0.25) is 0 Å². The maximum absolute atomic E-state index is 12.1. The number of aryl methyl sites for hydroxylation is 1. The number of aromatic nitrogens is 1. The molecule has 20 heavy (non-hydrogen) atoms. The van der Waals surface area contributed by atoms with Crippen LogP contribution in [-0.4, -0.2) is 41.0 Å². The number of amides is 1. The van der Waals surface area contributed by atoms with Gasteiger partial charge in [-0.2, -0.15) is 0 Å². The molecular formula is C15H21N3O2.